The SMILES string of the molecule is O=c1cc(NCCSCCO)oc2c(Br)csc12. The molecule has 18 heavy (non-hydrogen) atoms. The molecule has 2 aromatic heterocycles. The molecule has 0 radical (unpaired) electrons. The lowest BCUT2D eigenvalue weighted by molar-refractivity contribution is 0.322. The highest BCUT2D eigenvalue weighted by molar-refractivity contribution is 9.10. The van der Waals surface area contributed by atoms with E-state index in [-0.39, 0.29) is 12.0 Å². The van der Waals surface area contributed by atoms with Gasteiger partial charge in [0.2, 0.25) is 5.43 Å². The van der Waals surface area contributed by atoms with Crippen LogP contribution in [-0.4, -0.2) is 29.8 Å². The Morgan fingerprint density at radius 2 is 2.33 bits per heavy atom. The van der Waals surface area contributed by atoms with E-state index in [4.69, 9.17) is 9.52 Å². The molecule has 0 saturated heterocycles. The molecular formula is C11H12BrNO3S2. The first-order valence-electron chi connectivity index (χ1n) is 5.35. The average molecular weight is 350 g/mol. The van der Waals surface area contributed by atoms with E-state index in [1.807, 2.05) is 5.38 Å². The normalized spacial score (nSPS) is 11.0. The first kappa shape index (κ1) is 13.9. The number of thioether (sulfide) groups is 1. The molecule has 2 rings (SSSR count). The fourth-order valence-electron chi connectivity index (χ4n) is 1.42. The summed E-state index contributed by atoms with van der Waals surface area (Å²) < 4.78 is 7.04. The highest BCUT2D eigenvalue weighted by atomic mass is 79.9. The van der Waals surface area contributed by atoms with E-state index in [0.29, 0.717) is 22.7 Å². The standard InChI is InChI=1S/C11H12BrNO3S2/c12-7-6-18-11-8(15)5-9(16-10(7)11)13-1-3-17-4-2-14/h5-6,13-14H,1-4H2. The quantitative estimate of drug-likeness (QED) is 0.785. The van der Waals surface area contributed by atoms with Crippen LogP contribution in [0.1, 0.15) is 0 Å². The van der Waals surface area contributed by atoms with Crippen LogP contribution in [0.5, 0.6) is 0 Å². The molecule has 98 valence electrons. The zero-order chi connectivity index (χ0) is 13.0. The monoisotopic (exact) mass is 349 g/mol. The average Bonchev–Trinajstić information content (AvgIpc) is 2.72. The molecule has 0 unspecified atom stereocenters. The molecule has 2 N–H and O–H groups in total. The number of aliphatic hydroxyl groups is 1. The Morgan fingerprint density at radius 1 is 1.50 bits per heavy atom. The van der Waals surface area contributed by atoms with Gasteiger partial charge in [-0.3, -0.25) is 4.79 Å². The number of anilines is 1. The summed E-state index contributed by atoms with van der Waals surface area (Å²) in [5, 5.41) is 13.6. The van der Waals surface area contributed by atoms with Crippen molar-refractivity contribution in [2.24, 2.45) is 0 Å². The van der Waals surface area contributed by atoms with Gasteiger partial charge >= 0.3 is 0 Å². The van der Waals surface area contributed by atoms with E-state index in [2.05, 4.69) is 21.2 Å². The maximum atomic E-state index is 11.8. The lowest BCUT2D eigenvalue weighted by Gasteiger charge is -2.04. The van der Waals surface area contributed by atoms with Gasteiger partial charge in [0.15, 0.2) is 11.5 Å². The molecule has 0 aromatic carbocycles. The molecule has 2 heterocycles. The first-order chi connectivity index (χ1) is 8.72. The number of nitrogens with one attached hydrogen (secondary N) is 1. The smallest absolute Gasteiger partial charge is 0.204 e. The van der Waals surface area contributed by atoms with Crippen molar-refractivity contribution < 1.29 is 9.52 Å². The number of thiophene rings is 1. The minimum Gasteiger partial charge on any atom is -0.438 e. The van der Waals surface area contributed by atoms with Gasteiger partial charge in [0.05, 0.1) is 11.1 Å². The van der Waals surface area contributed by atoms with Crippen LogP contribution in [0, 0.1) is 0 Å². The highest BCUT2D eigenvalue weighted by Gasteiger charge is 2.09. The summed E-state index contributed by atoms with van der Waals surface area (Å²) in [6, 6.07) is 1.47. The molecule has 0 aliphatic carbocycles. The summed E-state index contributed by atoms with van der Waals surface area (Å²) in [6.45, 7) is 0.883. The third-order valence-corrected chi connectivity index (χ3v) is 5.01. The highest BCUT2D eigenvalue weighted by Crippen LogP contribution is 2.29. The molecule has 0 saturated carbocycles. The fourth-order valence-corrected chi connectivity index (χ4v) is 3.45. The number of halogens is 1. The van der Waals surface area contributed by atoms with E-state index in [0.717, 1.165) is 16.0 Å². The van der Waals surface area contributed by atoms with Crippen LogP contribution < -0.4 is 10.7 Å². The van der Waals surface area contributed by atoms with Crippen LogP contribution in [0.4, 0.5) is 5.88 Å². The molecule has 0 fully saturated rings. The zero-order valence-electron chi connectivity index (χ0n) is 9.44. The number of fused-ring (bicyclic) bond motifs is 1. The molecule has 0 aliphatic heterocycles. The predicted octanol–water partition coefficient (Wildman–Crippen LogP) is 2.75. The molecular weight excluding hydrogens is 338 g/mol. The summed E-state index contributed by atoms with van der Waals surface area (Å²) in [5.74, 6) is 2.06. The molecule has 4 nitrogen and oxygen atoms in total. The lowest BCUT2D eigenvalue weighted by Crippen LogP contribution is -2.08. The summed E-state index contributed by atoms with van der Waals surface area (Å²) in [5.41, 5.74) is 0.565. The van der Waals surface area contributed by atoms with Gasteiger partial charge in [-0.2, -0.15) is 11.8 Å². The fraction of sp³-hybridized carbons (Fsp3) is 0.364. The largest absolute Gasteiger partial charge is 0.438 e. The second-order valence-corrected chi connectivity index (χ2v) is 6.44. The molecule has 2 aromatic rings. The van der Waals surface area contributed by atoms with Crippen LogP contribution in [0.25, 0.3) is 10.3 Å². The van der Waals surface area contributed by atoms with Gasteiger partial charge in [0, 0.05) is 29.5 Å². The van der Waals surface area contributed by atoms with Gasteiger partial charge in [0.1, 0.15) is 4.70 Å². The predicted molar refractivity (Wildman–Crippen MR) is 81.0 cm³/mol. The maximum Gasteiger partial charge on any atom is 0.204 e. The Kier molecular flexibility index (Phi) is 5.11. The molecule has 0 atom stereocenters. The summed E-state index contributed by atoms with van der Waals surface area (Å²) in [7, 11) is 0. The molecule has 0 bridgehead atoms. The molecule has 0 aliphatic rings. The number of aliphatic hydroxyl groups excluding tert-OH is 1. The number of hydrogen-bond donors (Lipinski definition) is 2. The second kappa shape index (κ2) is 6.60. The van der Waals surface area contributed by atoms with Crippen molar-refractivity contribution >= 4 is 55.2 Å². The van der Waals surface area contributed by atoms with E-state index < -0.39 is 0 Å². The Morgan fingerprint density at radius 3 is 3.11 bits per heavy atom. The Bertz CT molecular complexity index is 581. The Hall–Kier alpha value is -0.500. The zero-order valence-corrected chi connectivity index (χ0v) is 12.7. The summed E-state index contributed by atoms with van der Waals surface area (Å²) in [6.07, 6.45) is 0. The third kappa shape index (κ3) is 3.28. The Labute approximate surface area is 121 Å². The molecule has 0 amide bonds. The van der Waals surface area contributed by atoms with Gasteiger partial charge in [-0.05, 0) is 15.9 Å². The van der Waals surface area contributed by atoms with Gasteiger partial charge < -0.3 is 14.8 Å². The van der Waals surface area contributed by atoms with E-state index in [1.54, 1.807) is 11.8 Å². The number of hydrogen-bond acceptors (Lipinski definition) is 6. The van der Waals surface area contributed by atoms with Crippen LogP contribution in [0.2, 0.25) is 0 Å². The molecule has 0 spiro atoms. The van der Waals surface area contributed by atoms with E-state index in [9.17, 15) is 4.79 Å². The van der Waals surface area contributed by atoms with Gasteiger partial charge in [-0.15, -0.1) is 11.3 Å². The molecule has 7 heteroatoms. The Balaban J connectivity index is 2.05. The lowest BCUT2D eigenvalue weighted by atomic mass is 10.4. The van der Waals surface area contributed by atoms with Crippen molar-refractivity contribution in [3.8, 4) is 0 Å². The van der Waals surface area contributed by atoms with Gasteiger partial charge in [-0.1, -0.05) is 0 Å². The van der Waals surface area contributed by atoms with Crippen molar-refractivity contribution in [2.45, 2.75) is 0 Å². The second-order valence-electron chi connectivity index (χ2n) is 3.48. The van der Waals surface area contributed by atoms with Gasteiger partial charge in [0.25, 0.3) is 0 Å². The minimum absolute atomic E-state index is 0.0301. The van der Waals surface area contributed by atoms with Crippen molar-refractivity contribution in [1.29, 1.82) is 0 Å². The summed E-state index contributed by atoms with van der Waals surface area (Å²) >= 11 is 6.37. The van der Waals surface area contributed by atoms with Crippen LogP contribution in [-0.2, 0) is 0 Å². The van der Waals surface area contributed by atoms with E-state index >= 15 is 0 Å². The van der Waals surface area contributed by atoms with Crippen molar-refractivity contribution in [3.05, 3.63) is 26.1 Å². The first-order valence-corrected chi connectivity index (χ1v) is 8.18. The maximum absolute atomic E-state index is 11.8. The summed E-state index contributed by atoms with van der Waals surface area (Å²) in [4.78, 5) is 11.8. The van der Waals surface area contributed by atoms with Gasteiger partial charge in [-0.25, -0.2) is 0 Å². The van der Waals surface area contributed by atoms with Crippen LogP contribution in [0.15, 0.2) is 25.1 Å². The van der Waals surface area contributed by atoms with Crippen LogP contribution in [0.3, 0.4) is 0 Å². The third-order valence-electron chi connectivity index (χ3n) is 2.18. The van der Waals surface area contributed by atoms with E-state index in [1.165, 1.54) is 17.4 Å². The van der Waals surface area contributed by atoms with Crippen molar-refractivity contribution in [3.63, 3.8) is 0 Å². The van der Waals surface area contributed by atoms with Crippen molar-refractivity contribution in [1.82, 2.24) is 0 Å². The van der Waals surface area contributed by atoms with Crippen molar-refractivity contribution in [2.75, 3.05) is 30.0 Å². The number of rotatable bonds is 6. The van der Waals surface area contributed by atoms with Crippen LogP contribution >= 0.6 is 39.0 Å². The minimum atomic E-state index is -0.0301. The topological polar surface area (TPSA) is 62.5 Å².